The zero-order valence-corrected chi connectivity index (χ0v) is 7.71. The number of carboxylic acids is 1. The van der Waals surface area contributed by atoms with Crippen molar-refractivity contribution in [3.8, 4) is 0 Å². The van der Waals surface area contributed by atoms with Crippen molar-refractivity contribution >= 4 is 21.9 Å². The lowest BCUT2D eigenvalue weighted by Gasteiger charge is -2.23. The zero-order valence-electron chi connectivity index (χ0n) is 6.13. The number of hydrogen-bond donors (Lipinski definition) is 0. The van der Waals surface area contributed by atoms with Crippen LogP contribution in [0.25, 0.3) is 0 Å². The monoisotopic (exact) mass is 217 g/mol. The molecule has 1 aliphatic carbocycles. The summed E-state index contributed by atoms with van der Waals surface area (Å²) < 4.78 is 0. The molecular weight excluding hydrogens is 208 g/mol. The van der Waals surface area contributed by atoms with E-state index in [4.69, 9.17) is 0 Å². The third-order valence-electron chi connectivity index (χ3n) is 1.95. The number of aliphatic carboxylic acids is 1. The Balaban J connectivity index is 2.46. The second-order valence-corrected chi connectivity index (χ2v) is 3.75. The first-order chi connectivity index (χ1) is 5.22. The fourth-order valence-electron chi connectivity index (χ4n) is 1.28. The molecule has 0 aromatic carbocycles. The Hall–Kier alpha value is -0.310. The molecule has 0 aromatic heterocycles. The molecule has 0 fully saturated rings. The van der Waals surface area contributed by atoms with E-state index < -0.39 is 10.8 Å². The topological polar surface area (TPSA) is 40.1 Å². The molecule has 0 bridgehead atoms. The first-order valence-corrected chi connectivity index (χ1v) is 4.63. The lowest BCUT2D eigenvalue weighted by Crippen LogP contribution is -2.36. The SMILES string of the molecule is O=C([O-])C(Br)C1CC=CCC1. The van der Waals surface area contributed by atoms with Crippen LogP contribution in [-0.4, -0.2) is 10.8 Å². The van der Waals surface area contributed by atoms with Crippen LogP contribution in [0.3, 0.4) is 0 Å². The largest absolute Gasteiger partial charge is 0.549 e. The predicted octanol–water partition coefficient (Wildman–Crippen LogP) is 0.856. The number of hydrogen-bond acceptors (Lipinski definition) is 2. The van der Waals surface area contributed by atoms with Crippen LogP contribution in [0, 0.1) is 5.92 Å². The molecule has 62 valence electrons. The van der Waals surface area contributed by atoms with E-state index in [1.54, 1.807) is 0 Å². The van der Waals surface area contributed by atoms with Gasteiger partial charge in [0.15, 0.2) is 0 Å². The van der Waals surface area contributed by atoms with Crippen molar-refractivity contribution in [2.75, 3.05) is 0 Å². The van der Waals surface area contributed by atoms with Crippen molar-refractivity contribution < 1.29 is 9.90 Å². The molecule has 0 aliphatic heterocycles. The number of allylic oxidation sites excluding steroid dienone is 2. The Bertz CT molecular complexity index is 177. The Morgan fingerprint density at radius 3 is 2.82 bits per heavy atom. The minimum atomic E-state index is -0.995. The summed E-state index contributed by atoms with van der Waals surface area (Å²) in [4.78, 5) is 9.94. The number of carboxylic acid groups (broad SMARTS) is 1. The fraction of sp³-hybridized carbons (Fsp3) is 0.625. The van der Waals surface area contributed by atoms with Gasteiger partial charge in [-0.05, 0) is 25.2 Å². The summed E-state index contributed by atoms with van der Waals surface area (Å²) in [6.07, 6.45) is 6.90. The molecule has 1 aliphatic rings. The fourth-order valence-corrected chi connectivity index (χ4v) is 1.76. The van der Waals surface area contributed by atoms with Gasteiger partial charge in [0, 0.05) is 0 Å². The molecule has 0 aromatic rings. The molecule has 2 unspecified atom stereocenters. The van der Waals surface area contributed by atoms with Gasteiger partial charge in [-0.25, -0.2) is 0 Å². The van der Waals surface area contributed by atoms with Crippen molar-refractivity contribution in [2.24, 2.45) is 5.92 Å². The zero-order chi connectivity index (χ0) is 8.27. The van der Waals surface area contributed by atoms with E-state index in [1.807, 2.05) is 6.08 Å². The minimum Gasteiger partial charge on any atom is -0.549 e. The highest BCUT2D eigenvalue weighted by molar-refractivity contribution is 9.10. The van der Waals surface area contributed by atoms with Gasteiger partial charge in [-0.3, -0.25) is 0 Å². The molecule has 0 saturated carbocycles. The van der Waals surface area contributed by atoms with Gasteiger partial charge in [-0.1, -0.05) is 28.1 Å². The lowest BCUT2D eigenvalue weighted by atomic mass is 9.91. The van der Waals surface area contributed by atoms with Crippen molar-refractivity contribution in [1.29, 1.82) is 0 Å². The van der Waals surface area contributed by atoms with Gasteiger partial charge in [0.2, 0.25) is 0 Å². The van der Waals surface area contributed by atoms with E-state index in [-0.39, 0.29) is 5.92 Å². The average molecular weight is 218 g/mol. The summed E-state index contributed by atoms with van der Waals surface area (Å²) in [6.45, 7) is 0. The van der Waals surface area contributed by atoms with Crippen molar-refractivity contribution in [3.05, 3.63) is 12.2 Å². The Morgan fingerprint density at radius 1 is 1.64 bits per heavy atom. The highest BCUT2D eigenvalue weighted by Crippen LogP contribution is 2.25. The van der Waals surface area contributed by atoms with Crippen LogP contribution in [0.15, 0.2) is 12.2 Å². The maximum absolute atomic E-state index is 10.4. The van der Waals surface area contributed by atoms with E-state index in [9.17, 15) is 9.90 Å². The normalized spacial score (nSPS) is 26.5. The maximum atomic E-state index is 10.4. The predicted molar refractivity (Wildman–Crippen MR) is 44.2 cm³/mol. The second-order valence-electron chi connectivity index (χ2n) is 2.77. The van der Waals surface area contributed by atoms with Crippen molar-refractivity contribution in [1.82, 2.24) is 0 Å². The molecule has 0 radical (unpaired) electrons. The van der Waals surface area contributed by atoms with E-state index >= 15 is 0 Å². The molecule has 0 heterocycles. The minimum absolute atomic E-state index is 0.213. The second kappa shape index (κ2) is 3.90. The molecule has 0 spiro atoms. The van der Waals surface area contributed by atoms with Crippen LogP contribution in [0.1, 0.15) is 19.3 Å². The molecule has 0 saturated heterocycles. The summed E-state index contributed by atoms with van der Waals surface area (Å²) in [7, 11) is 0. The number of alkyl halides is 1. The lowest BCUT2D eigenvalue weighted by molar-refractivity contribution is -0.305. The highest BCUT2D eigenvalue weighted by Gasteiger charge is 2.19. The van der Waals surface area contributed by atoms with E-state index in [0.717, 1.165) is 19.3 Å². The average Bonchev–Trinajstić information content (AvgIpc) is 2.05. The highest BCUT2D eigenvalue weighted by atomic mass is 79.9. The third kappa shape index (κ3) is 2.33. The summed E-state index contributed by atoms with van der Waals surface area (Å²) >= 11 is 3.11. The number of carbonyl (C=O) groups excluding carboxylic acids is 1. The number of rotatable bonds is 2. The summed E-state index contributed by atoms with van der Waals surface area (Å²) in [5.41, 5.74) is 0. The van der Waals surface area contributed by atoms with Crippen LogP contribution in [0.5, 0.6) is 0 Å². The van der Waals surface area contributed by atoms with Crippen LogP contribution in [0.2, 0.25) is 0 Å². The van der Waals surface area contributed by atoms with E-state index in [1.165, 1.54) is 0 Å². The maximum Gasteiger partial charge on any atom is 0.0572 e. The molecule has 1 rings (SSSR count). The Labute approximate surface area is 74.4 Å². The quantitative estimate of drug-likeness (QED) is 0.509. The van der Waals surface area contributed by atoms with Crippen LogP contribution in [0.4, 0.5) is 0 Å². The molecule has 0 amide bonds. The first kappa shape index (κ1) is 8.78. The van der Waals surface area contributed by atoms with Gasteiger partial charge >= 0.3 is 0 Å². The molecule has 2 atom stereocenters. The van der Waals surface area contributed by atoms with Gasteiger partial charge in [0.1, 0.15) is 0 Å². The molecular formula is C8H10BrO2-. The molecule has 3 heteroatoms. The standard InChI is InChI=1S/C8H11BrO2/c9-7(8(10)11)6-4-2-1-3-5-6/h1-2,6-7H,3-5H2,(H,10,11)/p-1. The Kier molecular flexibility index (Phi) is 3.12. The van der Waals surface area contributed by atoms with Gasteiger partial charge in [-0.2, -0.15) is 0 Å². The van der Waals surface area contributed by atoms with Gasteiger partial charge in [-0.15, -0.1) is 0 Å². The van der Waals surface area contributed by atoms with Crippen LogP contribution in [-0.2, 0) is 4.79 Å². The molecule has 2 nitrogen and oxygen atoms in total. The number of carbonyl (C=O) groups is 1. The summed E-state index contributed by atoms with van der Waals surface area (Å²) in [6, 6.07) is 0. The van der Waals surface area contributed by atoms with Crippen molar-refractivity contribution in [2.45, 2.75) is 24.1 Å². The molecule has 0 N–H and O–H groups in total. The van der Waals surface area contributed by atoms with Gasteiger partial charge in [0.25, 0.3) is 0 Å². The van der Waals surface area contributed by atoms with E-state index in [0.29, 0.717) is 0 Å². The van der Waals surface area contributed by atoms with Gasteiger partial charge < -0.3 is 9.90 Å². The summed E-state index contributed by atoms with van der Waals surface area (Å²) in [5.74, 6) is -0.782. The molecule has 11 heavy (non-hydrogen) atoms. The first-order valence-electron chi connectivity index (χ1n) is 3.71. The van der Waals surface area contributed by atoms with Gasteiger partial charge in [0.05, 0.1) is 10.8 Å². The Morgan fingerprint density at radius 2 is 2.36 bits per heavy atom. The smallest absolute Gasteiger partial charge is 0.0572 e. The summed E-state index contributed by atoms with van der Waals surface area (Å²) in [5, 5.41) is 10.4. The van der Waals surface area contributed by atoms with Crippen LogP contribution < -0.4 is 5.11 Å². The van der Waals surface area contributed by atoms with Crippen molar-refractivity contribution in [3.63, 3.8) is 0 Å². The van der Waals surface area contributed by atoms with E-state index in [2.05, 4.69) is 22.0 Å². The number of halogens is 1. The van der Waals surface area contributed by atoms with Crippen LogP contribution >= 0.6 is 15.9 Å². The third-order valence-corrected chi connectivity index (χ3v) is 3.07.